The van der Waals surface area contributed by atoms with E-state index < -0.39 is 290 Å². The molecular weight excluding hydrogens is 1720 g/mol. The van der Waals surface area contributed by atoms with E-state index in [-0.39, 0.29) is 60.2 Å². The van der Waals surface area contributed by atoms with E-state index in [0.29, 0.717) is 5.56 Å². The van der Waals surface area contributed by atoms with Gasteiger partial charge in [0.25, 0.3) is 0 Å². The van der Waals surface area contributed by atoms with Crippen LogP contribution in [-0.2, 0) is 63.8 Å². The first-order valence-corrected chi connectivity index (χ1v) is 40.7. The Balaban J connectivity index is 0.952. The second-order valence-electron chi connectivity index (χ2n) is 32.2. The number of aliphatic carboxylic acids is 1. The van der Waals surface area contributed by atoms with E-state index in [2.05, 4.69) is 47.5 Å². The van der Waals surface area contributed by atoms with E-state index in [9.17, 15) is 84.4 Å². The quantitative estimate of drug-likeness (QED) is 0.0511. The normalized spacial score (nSPS) is 29.4. The van der Waals surface area contributed by atoms with Crippen LogP contribution in [0.25, 0.3) is 11.1 Å². The molecule has 0 saturated carbocycles. The average Bonchev–Trinajstić information content (AvgIpc) is 0.758. The van der Waals surface area contributed by atoms with Crippen LogP contribution in [0.1, 0.15) is 110 Å². The molecule has 3 saturated heterocycles. The minimum Gasteiger partial charge on any atom is -0.508 e. The predicted molar refractivity (Wildman–Crippen MR) is 436 cm³/mol. The van der Waals surface area contributed by atoms with Crippen molar-refractivity contribution in [3.05, 3.63) is 170 Å². The number of carbonyl (C=O) groups is 8. The summed E-state index contributed by atoms with van der Waals surface area (Å²) in [5.74, 6) is -20.5. The maximum atomic E-state index is 16.5. The highest BCUT2D eigenvalue weighted by atomic mass is 35.5. The number of halogens is 4. The topological polar surface area (TPSA) is 614 Å². The van der Waals surface area contributed by atoms with Crippen LogP contribution in [0.2, 0.25) is 10.0 Å². The number of fused-ring (bicyclic) bond motifs is 15. The second kappa shape index (κ2) is 38.7. The van der Waals surface area contributed by atoms with E-state index in [4.69, 9.17) is 72.6 Å². The Morgan fingerprint density at radius 2 is 1.32 bits per heavy atom. The van der Waals surface area contributed by atoms with Gasteiger partial charge in [-0.1, -0.05) is 61.3 Å². The number of nitrogens with one attached hydrogen (secondary N) is 8. The van der Waals surface area contributed by atoms with Crippen molar-refractivity contribution in [1.82, 2.24) is 47.5 Å². The summed E-state index contributed by atoms with van der Waals surface area (Å²) < 4.78 is 77.8. The van der Waals surface area contributed by atoms with E-state index in [1.54, 1.807) is 19.9 Å². The van der Waals surface area contributed by atoms with Crippen LogP contribution in [0.15, 0.2) is 115 Å². The van der Waals surface area contributed by atoms with Gasteiger partial charge in [-0.25, -0.2) is 18.6 Å². The lowest BCUT2D eigenvalue weighted by atomic mass is 9.75. The molecule has 0 aliphatic carbocycles. The number of phenolic OH excluding ortho intramolecular Hbond substituents is 3. The number of aliphatic hydroxyl groups is 8. The first-order chi connectivity index (χ1) is 60.2. The number of carboxylic acid groups (broad SMARTS) is 1. The van der Waals surface area contributed by atoms with Crippen LogP contribution in [0, 0.1) is 17.6 Å². The number of amides is 7. The Hall–Kier alpha value is -11.3. The third-order valence-electron chi connectivity index (χ3n) is 22.5. The summed E-state index contributed by atoms with van der Waals surface area (Å²) >= 11 is 14.5. The molecule has 680 valence electrons. The van der Waals surface area contributed by atoms with Gasteiger partial charge in [0.15, 0.2) is 35.5 Å². The number of carbonyl (C=O) groups excluding carboxylic acids is 7. The van der Waals surface area contributed by atoms with Crippen LogP contribution < -0.4 is 72.9 Å². The number of hydrogen-bond donors (Lipinski definition) is 22. The number of nitrogens with two attached hydrogens (primary N) is 2. The van der Waals surface area contributed by atoms with Crippen molar-refractivity contribution in [1.29, 1.82) is 0 Å². The number of primary amides is 1. The lowest BCUT2D eigenvalue weighted by Gasteiger charge is -2.47. The van der Waals surface area contributed by atoms with Gasteiger partial charge in [0.2, 0.25) is 59.3 Å². The minimum absolute atomic E-state index is 0.0157. The minimum atomic E-state index is -2.43. The van der Waals surface area contributed by atoms with Gasteiger partial charge >= 0.3 is 5.97 Å². The third kappa shape index (κ3) is 20.3. The summed E-state index contributed by atoms with van der Waals surface area (Å²) in [5, 5.41) is 160. The number of rotatable bonds is 20. The molecule has 23 atom stereocenters. The Morgan fingerprint density at radius 1 is 0.677 bits per heavy atom. The van der Waals surface area contributed by atoms with E-state index in [0.717, 1.165) is 66.7 Å². The largest absolute Gasteiger partial charge is 0.508 e. The fourth-order valence-corrected chi connectivity index (χ4v) is 16.5. The molecule has 15 rings (SSSR count). The fourth-order valence-electron chi connectivity index (χ4n) is 16.0. The van der Waals surface area contributed by atoms with Crippen molar-refractivity contribution in [2.45, 2.75) is 193 Å². The van der Waals surface area contributed by atoms with E-state index >= 15 is 24.0 Å². The number of aliphatic hydroxyl groups excluding tert-OH is 8. The molecule has 3 fully saturated rings. The Morgan fingerprint density at radius 3 is 1.95 bits per heavy atom. The molecular formula is C84H93Cl2F2N11O28. The molecule has 8 aliphatic heterocycles. The van der Waals surface area contributed by atoms with Gasteiger partial charge in [0.1, 0.15) is 120 Å². The second-order valence-corrected chi connectivity index (χ2v) is 33.0. The van der Waals surface area contributed by atoms with Crippen LogP contribution >= 0.6 is 23.2 Å². The molecule has 127 heavy (non-hydrogen) atoms. The molecule has 7 amide bonds. The summed E-state index contributed by atoms with van der Waals surface area (Å²) in [6, 6.07) is 5.16. The SMILES string of the molecule is CN[C@H](CC(C)C)C(=O)NC1C(=O)N[C@@H](CC(N)=O)C(=O)N[C@H]2C(=O)N[C@H]3C(=O)N[C@H](C(=O)NC(C(=O)O)c4cc(O)cc(O)c4-c4cc3ccc4O)[C@H](C3C[C@](C)(N)[C@@H](O)[C@H](C)O3)c3ccc(c(Cl)c3)Oc3cc2cc(c3O[C@@H]2O[C@H](CO)[C@@H](O[C@@H]3O[C@H](CNCc4ccc(Oc5ccc(F)c(F)c5)nc4)[C@H](O)[C@H](O)[C@H]3O)[C@H](O)[C@H]2O)Oc2ccc(cc2Cl)[C@H]1O. The number of aromatic nitrogens is 1. The lowest BCUT2D eigenvalue weighted by molar-refractivity contribution is -0.350. The zero-order valence-corrected chi connectivity index (χ0v) is 69.5. The van der Waals surface area contributed by atoms with E-state index in [1.807, 2.05) is 0 Å². The smallest absolute Gasteiger partial charge is 0.330 e. The van der Waals surface area contributed by atoms with Crippen molar-refractivity contribution in [3.8, 4) is 68.8 Å². The van der Waals surface area contributed by atoms with Crippen molar-refractivity contribution in [2.24, 2.45) is 17.4 Å². The van der Waals surface area contributed by atoms with Gasteiger partial charge in [-0.05, 0) is 134 Å². The molecule has 0 spiro atoms. The molecule has 7 aromatic rings. The molecule has 3 unspecified atom stereocenters. The molecule has 39 nitrogen and oxygen atoms in total. The van der Waals surface area contributed by atoms with Gasteiger partial charge in [-0.2, -0.15) is 0 Å². The van der Waals surface area contributed by atoms with Crippen molar-refractivity contribution in [3.63, 3.8) is 0 Å². The third-order valence-corrected chi connectivity index (χ3v) is 23.1. The number of pyridine rings is 1. The number of phenols is 3. The zero-order chi connectivity index (χ0) is 91.8. The van der Waals surface area contributed by atoms with Gasteiger partial charge < -0.3 is 153 Å². The highest BCUT2D eigenvalue weighted by molar-refractivity contribution is 6.32. The van der Waals surface area contributed by atoms with Crippen molar-refractivity contribution < 1.29 is 146 Å². The maximum absolute atomic E-state index is 16.5. The molecule has 24 N–H and O–H groups in total. The Labute approximate surface area is 730 Å². The zero-order valence-electron chi connectivity index (χ0n) is 68.0. The first kappa shape index (κ1) is 93.3. The van der Waals surface area contributed by atoms with Gasteiger partial charge in [0.05, 0.1) is 47.4 Å². The Bertz CT molecular complexity index is 5340. The van der Waals surface area contributed by atoms with Crippen molar-refractivity contribution >= 4 is 70.5 Å². The van der Waals surface area contributed by atoms with Crippen LogP contribution in [0.5, 0.6) is 57.6 Å². The molecule has 6 aromatic carbocycles. The van der Waals surface area contributed by atoms with Crippen LogP contribution in [-0.4, -0.2) is 243 Å². The summed E-state index contributed by atoms with van der Waals surface area (Å²) in [4.78, 5) is 125. The Kier molecular flexibility index (Phi) is 28.4. The standard InChI is InChI=1S/C84H93Cl2F2N11O28/c1-31(2)16-46(91-5)75(112)99-65-66(105)36-9-14-51(43(86)19-36)123-53-21-37-20-52(72(53)126-83-71(110)69(108)73(56(30-100)125-83)127-82-70(109)68(107)67(106)55(124-82)29-92-27-33-6-15-58(93-28-33)121-39-10-11-44(87)45(88)24-39)122-50-13-8-34(18-42(50)85)59(54-26-84(4,90)74(111)32(3)120-54)64-79(116)97-63(81(118)119)41-22-38(101)23-49(103)60(41)40-17-35(7-12-48(40)102)61(77(114)98-64)96-78(115)62(37)95-76(113)47(25-57(89)104)94-80(65)117/h6-15,17-24,28,31-32,46-47,54-56,59,61-71,73-74,82-83,91-92,100-103,105-111H,16,25-27,29-30,90H2,1-5H3,(H2,89,104)(H,94,117)(H,95,113)(H,96,115)(H,97,116)(H,98,114)(H,99,112)(H,118,119)/t32-,46+,47-,54?,55+,56+,59-,61+,62+,63?,64-,65?,66+,67-,68-,69+,70+,71+,73+,74-,82-,83-,84-/m0/s1. The van der Waals surface area contributed by atoms with Crippen molar-refractivity contribution in [2.75, 3.05) is 20.2 Å². The van der Waals surface area contributed by atoms with Crippen LogP contribution in [0.4, 0.5) is 8.78 Å². The number of aromatic hydroxyl groups is 3. The molecule has 8 aliphatic rings. The number of ether oxygens (including phenoxy) is 8. The molecule has 1 aromatic heterocycles. The van der Waals surface area contributed by atoms with Gasteiger partial charge in [-0.3, -0.25) is 33.6 Å². The molecule has 0 radical (unpaired) electrons. The molecule has 43 heteroatoms. The average molecular weight is 1810 g/mol. The monoisotopic (exact) mass is 1810 g/mol. The highest BCUT2D eigenvalue weighted by Gasteiger charge is 2.54. The summed E-state index contributed by atoms with van der Waals surface area (Å²) in [6.07, 6.45) is -26.3. The number of benzene rings is 6. The summed E-state index contributed by atoms with van der Waals surface area (Å²) in [6.45, 7) is 5.09. The summed E-state index contributed by atoms with van der Waals surface area (Å²) in [7, 11) is 1.45. The molecule has 11 bridgehead atoms. The van der Waals surface area contributed by atoms with Gasteiger partial charge in [-0.15, -0.1) is 0 Å². The maximum Gasteiger partial charge on any atom is 0.330 e. The lowest BCUT2D eigenvalue weighted by Crippen LogP contribution is -2.65. The number of hydrogen-bond acceptors (Lipinski definition) is 31. The predicted octanol–water partition coefficient (Wildman–Crippen LogP) is 1.26. The van der Waals surface area contributed by atoms with Crippen LogP contribution in [0.3, 0.4) is 0 Å². The fraction of sp³-hybridized carbons (Fsp3) is 0.417. The van der Waals surface area contributed by atoms with Gasteiger partial charge in [0, 0.05) is 65.6 Å². The number of carboxylic acids is 1. The number of likely N-dealkylation sites (N-methyl/N-ethyl adjacent to an activating group) is 1. The van der Waals surface area contributed by atoms with E-state index in [1.165, 1.54) is 63.5 Å². The first-order valence-electron chi connectivity index (χ1n) is 40.0. The summed E-state index contributed by atoms with van der Waals surface area (Å²) in [5.41, 5.74) is 8.75. The molecule has 9 heterocycles. The number of nitrogens with zero attached hydrogens (tertiary/aromatic N) is 1. The highest BCUT2D eigenvalue weighted by Crippen LogP contribution is 2.51.